The van der Waals surface area contributed by atoms with Crippen LogP contribution in [0.25, 0.3) is 11.0 Å². The second-order valence-electron chi connectivity index (χ2n) is 9.52. The van der Waals surface area contributed by atoms with Crippen molar-refractivity contribution in [2.75, 3.05) is 6.54 Å². The first-order chi connectivity index (χ1) is 18.2. The predicted molar refractivity (Wildman–Crippen MR) is 139 cm³/mol. The molecule has 2 aromatic heterocycles. The molecule has 1 unspecified atom stereocenters. The van der Waals surface area contributed by atoms with Gasteiger partial charge in [-0.2, -0.15) is 4.31 Å². The summed E-state index contributed by atoms with van der Waals surface area (Å²) in [5.41, 5.74) is 1.20. The Labute approximate surface area is 221 Å². The number of Topliss-reactive ketones (excluding diaryl/α,β-unsaturated/α-hetero) is 1. The molecule has 0 aliphatic carbocycles. The van der Waals surface area contributed by atoms with Crippen molar-refractivity contribution >= 4 is 38.7 Å². The molecule has 12 heteroatoms. The van der Waals surface area contributed by atoms with Crippen LogP contribution in [0.1, 0.15) is 50.0 Å². The Bertz CT molecular complexity index is 1430. The van der Waals surface area contributed by atoms with Crippen molar-refractivity contribution in [2.24, 2.45) is 5.92 Å². The third kappa shape index (κ3) is 6.20. The van der Waals surface area contributed by atoms with Crippen molar-refractivity contribution < 1.29 is 22.8 Å². The lowest BCUT2D eigenvalue weighted by Crippen LogP contribution is -2.58. The first kappa shape index (κ1) is 27.3. The first-order valence-corrected chi connectivity index (χ1v) is 13.9. The van der Waals surface area contributed by atoms with Crippen LogP contribution in [-0.2, 0) is 19.6 Å². The zero-order valence-electron chi connectivity index (χ0n) is 21.2. The largest absolute Gasteiger partial charge is 0.339 e. The lowest BCUT2D eigenvalue weighted by molar-refractivity contribution is -0.131. The number of rotatable bonds is 8. The average molecular weight is 539 g/mol. The summed E-state index contributed by atoms with van der Waals surface area (Å²) in [6.45, 7) is 3.82. The lowest BCUT2D eigenvalue weighted by Gasteiger charge is -2.30. The van der Waals surface area contributed by atoms with Gasteiger partial charge < -0.3 is 10.6 Å². The zero-order valence-corrected chi connectivity index (χ0v) is 22.0. The van der Waals surface area contributed by atoms with Crippen LogP contribution in [0.15, 0.2) is 59.9 Å². The van der Waals surface area contributed by atoms with E-state index in [4.69, 9.17) is 0 Å². The third-order valence-corrected chi connectivity index (χ3v) is 7.93. The summed E-state index contributed by atoms with van der Waals surface area (Å²) in [6, 6.07) is 10.5. The van der Waals surface area contributed by atoms with Gasteiger partial charge in [-0.15, -0.1) is 0 Å². The number of para-hydroxylation sites is 2. The van der Waals surface area contributed by atoms with E-state index in [1.54, 1.807) is 24.3 Å². The van der Waals surface area contributed by atoms with Crippen molar-refractivity contribution in [3.05, 3.63) is 60.6 Å². The molecule has 0 radical (unpaired) electrons. The standard InChI is InChI=1S/C26H30N6O5S/c1-17(2)15-20(30-26(35)21-16-28-18-9-3-4-10-19(18)29-21)25(34)31-24-22(33)11-6-8-14-32(24)38(36,37)23-12-5-7-13-27-23/h3-5,7,9-10,12-13,16-17,20,24H,6,8,11,14-15H2,1-2H3,(H,30,35)(H,31,34)/t20?,24-/m0/s1. The fourth-order valence-corrected chi connectivity index (χ4v) is 5.76. The van der Waals surface area contributed by atoms with Crippen LogP contribution in [-0.4, -0.2) is 64.0 Å². The number of amides is 2. The van der Waals surface area contributed by atoms with Crippen molar-refractivity contribution in [3.63, 3.8) is 0 Å². The van der Waals surface area contributed by atoms with Crippen molar-refractivity contribution in [2.45, 2.75) is 56.8 Å². The summed E-state index contributed by atoms with van der Waals surface area (Å²) in [4.78, 5) is 52.0. The highest BCUT2D eigenvalue weighted by molar-refractivity contribution is 7.89. The van der Waals surface area contributed by atoms with E-state index < -0.39 is 39.8 Å². The van der Waals surface area contributed by atoms with Gasteiger partial charge in [-0.05, 0) is 49.4 Å². The number of fused-ring (bicyclic) bond motifs is 1. The molecule has 2 atom stereocenters. The van der Waals surface area contributed by atoms with Gasteiger partial charge in [-0.1, -0.05) is 32.0 Å². The molecule has 1 aliphatic rings. The molecular weight excluding hydrogens is 508 g/mol. The van der Waals surface area contributed by atoms with Gasteiger partial charge in [0.2, 0.25) is 5.91 Å². The summed E-state index contributed by atoms with van der Waals surface area (Å²) < 4.78 is 27.7. The van der Waals surface area contributed by atoms with Crippen LogP contribution < -0.4 is 10.6 Å². The second kappa shape index (κ2) is 11.7. The maximum Gasteiger partial charge on any atom is 0.272 e. The minimum absolute atomic E-state index is 0.00641. The van der Waals surface area contributed by atoms with E-state index in [1.807, 2.05) is 19.9 Å². The van der Waals surface area contributed by atoms with E-state index >= 15 is 0 Å². The maximum atomic E-state index is 13.4. The van der Waals surface area contributed by atoms with Gasteiger partial charge in [-0.25, -0.2) is 18.4 Å². The van der Waals surface area contributed by atoms with Crippen molar-refractivity contribution in [1.82, 2.24) is 29.9 Å². The van der Waals surface area contributed by atoms with Gasteiger partial charge in [0.15, 0.2) is 17.0 Å². The second-order valence-corrected chi connectivity index (χ2v) is 11.4. The van der Waals surface area contributed by atoms with Crippen LogP contribution in [0.2, 0.25) is 0 Å². The molecule has 0 bridgehead atoms. The molecule has 11 nitrogen and oxygen atoms in total. The van der Waals surface area contributed by atoms with Crippen LogP contribution in [0.5, 0.6) is 0 Å². The molecule has 4 rings (SSSR count). The molecule has 1 fully saturated rings. The lowest BCUT2D eigenvalue weighted by atomic mass is 10.0. The molecule has 2 N–H and O–H groups in total. The topological polar surface area (TPSA) is 151 Å². The normalized spacial score (nSPS) is 17.7. The van der Waals surface area contributed by atoms with E-state index in [-0.39, 0.29) is 36.0 Å². The molecule has 3 heterocycles. The molecule has 3 aromatic rings. The average Bonchev–Trinajstić information content (AvgIpc) is 3.09. The van der Waals surface area contributed by atoms with Gasteiger partial charge in [0, 0.05) is 19.2 Å². The molecule has 0 saturated carbocycles. The highest BCUT2D eigenvalue weighted by atomic mass is 32.2. The Morgan fingerprint density at radius 2 is 1.79 bits per heavy atom. The molecule has 1 aromatic carbocycles. The van der Waals surface area contributed by atoms with Crippen LogP contribution >= 0.6 is 0 Å². The molecule has 0 spiro atoms. The van der Waals surface area contributed by atoms with Crippen molar-refractivity contribution in [1.29, 1.82) is 0 Å². The number of nitrogens with one attached hydrogen (secondary N) is 2. The van der Waals surface area contributed by atoms with Crippen molar-refractivity contribution in [3.8, 4) is 0 Å². The highest BCUT2D eigenvalue weighted by Crippen LogP contribution is 2.21. The number of benzene rings is 1. The monoisotopic (exact) mass is 538 g/mol. The molecule has 1 saturated heterocycles. The maximum absolute atomic E-state index is 13.4. The Morgan fingerprint density at radius 1 is 1.05 bits per heavy atom. The highest BCUT2D eigenvalue weighted by Gasteiger charge is 2.39. The van der Waals surface area contributed by atoms with Gasteiger partial charge in [0.1, 0.15) is 11.7 Å². The zero-order chi connectivity index (χ0) is 27.3. The number of pyridine rings is 1. The number of carbonyl (C=O) groups excluding carboxylic acids is 3. The van der Waals surface area contributed by atoms with Crippen LogP contribution in [0, 0.1) is 5.92 Å². The molecule has 2 amide bonds. The number of hydrogen-bond donors (Lipinski definition) is 2. The van der Waals surface area contributed by atoms with E-state index in [1.165, 1.54) is 24.5 Å². The van der Waals surface area contributed by atoms with E-state index in [0.717, 1.165) is 4.31 Å². The van der Waals surface area contributed by atoms with Crippen LogP contribution in [0.4, 0.5) is 0 Å². The number of carbonyl (C=O) groups is 3. The van der Waals surface area contributed by atoms with Gasteiger partial charge in [0.25, 0.3) is 15.9 Å². The van der Waals surface area contributed by atoms with Gasteiger partial charge in [-0.3, -0.25) is 19.4 Å². The summed E-state index contributed by atoms with van der Waals surface area (Å²) in [5.74, 6) is -1.69. The Balaban J connectivity index is 1.58. The minimum Gasteiger partial charge on any atom is -0.339 e. The fraction of sp³-hybridized carbons (Fsp3) is 0.385. The van der Waals surface area contributed by atoms with E-state index in [2.05, 4.69) is 25.6 Å². The third-order valence-electron chi connectivity index (χ3n) is 6.14. The quantitative estimate of drug-likeness (QED) is 0.442. The smallest absolute Gasteiger partial charge is 0.272 e. The van der Waals surface area contributed by atoms with Gasteiger partial charge in [0.05, 0.1) is 17.2 Å². The number of aromatic nitrogens is 3. The number of ketones is 1. The summed E-state index contributed by atoms with van der Waals surface area (Å²) in [6.07, 6.45) is 2.59. The summed E-state index contributed by atoms with van der Waals surface area (Å²) >= 11 is 0. The summed E-state index contributed by atoms with van der Waals surface area (Å²) in [5, 5.41) is 5.08. The molecule has 38 heavy (non-hydrogen) atoms. The number of nitrogens with zero attached hydrogens (tertiary/aromatic N) is 4. The number of hydrogen-bond acceptors (Lipinski definition) is 8. The first-order valence-electron chi connectivity index (χ1n) is 12.5. The minimum atomic E-state index is -4.17. The Hall–Kier alpha value is -3.77. The number of sulfonamides is 1. The van der Waals surface area contributed by atoms with Crippen LogP contribution in [0.3, 0.4) is 0 Å². The predicted octanol–water partition coefficient (Wildman–Crippen LogP) is 2.06. The molecular formula is C26H30N6O5S. The Morgan fingerprint density at radius 3 is 2.50 bits per heavy atom. The molecule has 1 aliphatic heterocycles. The fourth-order valence-electron chi connectivity index (χ4n) is 4.26. The Kier molecular flexibility index (Phi) is 8.42. The van der Waals surface area contributed by atoms with E-state index in [9.17, 15) is 22.8 Å². The SMILES string of the molecule is CC(C)CC(NC(=O)c1cnc2ccccc2n1)C(=O)N[C@@H]1C(=O)CCCCN1S(=O)(=O)c1ccccn1. The summed E-state index contributed by atoms with van der Waals surface area (Å²) in [7, 11) is -4.17. The van der Waals surface area contributed by atoms with E-state index in [0.29, 0.717) is 23.9 Å². The molecule has 200 valence electrons. The van der Waals surface area contributed by atoms with Gasteiger partial charge >= 0.3 is 0 Å².